The molecule has 3 N–H and O–H groups in total. The van der Waals surface area contributed by atoms with Crippen LogP contribution in [0.2, 0.25) is 0 Å². The topological polar surface area (TPSA) is 110 Å². The molecule has 1 fully saturated rings. The summed E-state index contributed by atoms with van der Waals surface area (Å²) in [6.07, 6.45) is 7.19. The number of hydrogen-bond acceptors (Lipinski definition) is 5. The van der Waals surface area contributed by atoms with Crippen molar-refractivity contribution in [1.29, 1.82) is 0 Å². The molecule has 43 heavy (non-hydrogen) atoms. The van der Waals surface area contributed by atoms with Gasteiger partial charge in [0, 0.05) is 29.4 Å². The molecule has 0 aliphatic heterocycles. The summed E-state index contributed by atoms with van der Waals surface area (Å²) in [5, 5.41) is 9.37. The normalized spacial score (nSPS) is 13.6. The van der Waals surface area contributed by atoms with Gasteiger partial charge < -0.3 is 25.1 Å². The monoisotopic (exact) mass is 578 g/mol. The van der Waals surface area contributed by atoms with Gasteiger partial charge in [0.2, 0.25) is 5.91 Å². The van der Waals surface area contributed by atoms with E-state index in [0.717, 1.165) is 35.0 Å². The van der Waals surface area contributed by atoms with Gasteiger partial charge in [-0.2, -0.15) is 0 Å². The lowest BCUT2D eigenvalue weighted by Crippen LogP contribution is -2.37. The lowest BCUT2D eigenvalue weighted by atomic mass is 10.1. The van der Waals surface area contributed by atoms with E-state index in [2.05, 4.69) is 20.9 Å². The smallest absolute Gasteiger partial charge is 0.275 e. The number of nitrogens with zero attached hydrogens (tertiary/aromatic N) is 3. The van der Waals surface area contributed by atoms with E-state index in [1.54, 1.807) is 67.3 Å². The lowest BCUT2D eigenvalue weighted by molar-refractivity contribution is -0.117. The van der Waals surface area contributed by atoms with Crippen LogP contribution in [0.4, 0.5) is 10.1 Å². The Labute approximate surface area is 247 Å². The zero-order valence-electron chi connectivity index (χ0n) is 23.8. The van der Waals surface area contributed by atoms with Crippen LogP contribution in [0.25, 0.3) is 27.8 Å². The van der Waals surface area contributed by atoms with Crippen LogP contribution in [0.3, 0.4) is 0 Å². The molecule has 9 nitrogen and oxygen atoms in total. The fourth-order valence-corrected chi connectivity index (χ4v) is 4.98. The van der Waals surface area contributed by atoms with Crippen LogP contribution in [0.5, 0.6) is 0 Å². The van der Waals surface area contributed by atoms with Gasteiger partial charge in [-0.05, 0) is 92.5 Å². The van der Waals surface area contributed by atoms with E-state index in [0.29, 0.717) is 16.8 Å². The van der Waals surface area contributed by atoms with E-state index in [1.807, 2.05) is 29.0 Å². The van der Waals surface area contributed by atoms with Gasteiger partial charge in [0.1, 0.15) is 11.5 Å². The molecule has 0 saturated heterocycles. The van der Waals surface area contributed by atoms with Gasteiger partial charge >= 0.3 is 0 Å². The number of hydrogen-bond donors (Lipinski definition) is 3. The molecule has 2 aromatic carbocycles. The highest BCUT2D eigenvalue weighted by Crippen LogP contribution is 2.25. The van der Waals surface area contributed by atoms with Gasteiger partial charge in [0.15, 0.2) is 0 Å². The minimum atomic E-state index is -0.500. The predicted molar refractivity (Wildman–Crippen MR) is 164 cm³/mol. The van der Waals surface area contributed by atoms with Crippen LogP contribution < -0.4 is 21.5 Å². The van der Waals surface area contributed by atoms with Crippen LogP contribution in [0, 0.1) is 5.82 Å². The van der Waals surface area contributed by atoms with Crippen molar-refractivity contribution in [2.75, 3.05) is 12.4 Å². The molecule has 2 amide bonds. The minimum Gasteiger partial charge on any atom is -0.349 e. The third-order valence-electron chi connectivity index (χ3n) is 7.64. The summed E-state index contributed by atoms with van der Waals surface area (Å²) in [4.78, 5) is 43.7. The third kappa shape index (κ3) is 5.96. The van der Waals surface area contributed by atoms with E-state index in [-0.39, 0.29) is 35.9 Å². The summed E-state index contributed by atoms with van der Waals surface area (Å²) in [6.45, 7) is 1.85. The average Bonchev–Trinajstić information content (AvgIpc) is 3.74. The number of rotatable bonds is 9. The van der Waals surface area contributed by atoms with Crippen LogP contribution in [0.1, 0.15) is 35.7 Å². The van der Waals surface area contributed by atoms with Gasteiger partial charge in [-0.1, -0.05) is 12.1 Å². The standard InChI is InChI=1S/C33H31FN6O3/c1-20(35-2)31(41)38-28-9-11-30(22-4-3-5-24(15-22)32(42)37-26-7-8-26)40(33(28)43)19-21-14-27(18-36-17-21)39-13-12-23-16-25(34)6-10-29(23)39/h3-6,9-18,20,26,35H,7-8,19H2,1-2H3,(H,37,42)(H,38,41)/t20-/m0/s1. The SMILES string of the molecule is CN[C@@H](C)C(=O)Nc1ccc(-c2cccc(C(=O)NC3CC3)c2)n(Cc2cncc(-n3ccc4cc(F)ccc43)c2)c1=O. The number of carbonyl (C=O) groups excluding carboxylic acids is 2. The first-order valence-electron chi connectivity index (χ1n) is 14.1. The van der Waals surface area contributed by atoms with Crippen molar-refractivity contribution in [1.82, 2.24) is 24.8 Å². The van der Waals surface area contributed by atoms with Crippen molar-refractivity contribution in [2.45, 2.75) is 38.4 Å². The van der Waals surface area contributed by atoms with Gasteiger partial charge in [0.05, 0.1) is 35.7 Å². The second-order valence-electron chi connectivity index (χ2n) is 10.8. The van der Waals surface area contributed by atoms with E-state index in [1.165, 1.54) is 12.1 Å². The molecule has 0 radical (unpaired) electrons. The Morgan fingerprint density at radius 1 is 1.05 bits per heavy atom. The van der Waals surface area contributed by atoms with Gasteiger partial charge in [0.25, 0.3) is 11.5 Å². The number of halogens is 1. The Balaban J connectivity index is 1.40. The Kier molecular flexibility index (Phi) is 7.60. The fraction of sp³-hybridized carbons (Fsp3) is 0.212. The fourth-order valence-electron chi connectivity index (χ4n) is 4.98. The molecule has 10 heteroatoms. The summed E-state index contributed by atoms with van der Waals surface area (Å²) in [6, 6.07) is 18.6. The molecule has 3 aromatic heterocycles. The molecule has 1 atom stereocenters. The number of amides is 2. The molecular weight excluding hydrogens is 547 g/mol. The van der Waals surface area contributed by atoms with Gasteiger partial charge in [-0.25, -0.2) is 4.39 Å². The number of likely N-dealkylation sites (N-methyl/N-ethyl adjacent to an activating group) is 1. The van der Waals surface area contributed by atoms with Crippen molar-refractivity contribution in [3.63, 3.8) is 0 Å². The number of anilines is 1. The summed E-state index contributed by atoms with van der Waals surface area (Å²) >= 11 is 0. The number of benzene rings is 2. The van der Waals surface area contributed by atoms with E-state index < -0.39 is 11.6 Å². The van der Waals surface area contributed by atoms with Gasteiger partial charge in [-0.3, -0.25) is 19.4 Å². The zero-order chi connectivity index (χ0) is 30.1. The lowest BCUT2D eigenvalue weighted by Gasteiger charge is -2.17. The Bertz CT molecular complexity index is 1910. The van der Waals surface area contributed by atoms with Crippen molar-refractivity contribution in [3.8, 4) is 16.9 Å². The Hall–Kier alpha value is -5.09. The van der Waals surface area contributed by atoms with Crippen LogP contribution in [-0.4, -0.2) is 45.1 Å². The summed E-state index contributed by atoms with van der Waals surface area (Å²) in [5.41, 5.74) is 3.82. The highest BCUT2D eigenvalue weighted by Gasteiger charge is 2.24. The summed E-state index contributed by atoms with van der Waals surface area (Å²) < 4.78 is 17.2. The molecule has 0 spiro atoms. The second kappa shape index (κ2) is 11.7. The zero-order valence-corrected chi connectivity index (χ0v) is 23.8. The molecule has 3 heterocycles. The molecule has 6 rings (SSSR count). The molecule has 1 aliphatic carbocycles. The molecule has 5 aromatic rings. The number of nitrogens with one attached hydrogen (secondary N) is 3. The first kappa shape index (κ1) is 28.0. The van der Waals surface area contributed by atoms with Crippen LogP contribution >= 0.6 is 0 Å². The molecule has 0 unspecified atom stereocenters. The van der Waals surface area contributed by atoms with E-state index in [9.17, 15) is 18.8 Å². The maximum absolute atomic E-state index is 13.9. The average molecular weight is 579 g/mol. The Morgan fingerprint density at radius 3 is 2.67 bits per heavy atom. The maximum atomic E-state index is 13.9. The molecule has 1 saturated carbocycles. The molecule has 0 bridgehead atoms. The minimum absolute atomic E-state index is 0.140. The maximum Gasteiger partial charge on any atom is 0.275 e. The number of pyridine rings is 2. The highest BCUT2D eigenvalue weighted by atomic mass is 19.1. The largest absolute Gasteiger partial charge is 0.349 e. The number of fused-ring (bicyclic) bond motifs is 1. The molecule has 218 valence electrons. The predicted octanol–water partition coefficient (Wildman–Crippen LogP) is 4.48. The van der Waals surface area contributed by atoms with Crippen molar-refractivity contribution in [3.05, 3.63) is 113 Å². The summed E-state index contributed by atoms with van der Waals surface area (Å²) in [5.74, 6) is -0.801. The number of carbonyl (C=O) groups is 2. The summed E-state index contributed by atoms with van der Waals surface area (Å²) in [7, 11) is 1.67. The third-order valence-corrected chi connectivity index (χ3v) is 7.64. The molecular formula is C33H31FN6O3. The Morgan fingerprint density at radius 2 is 1.88 bits per heavy atom. The van der Waals surface area contributed by atoms with Gasteiger partial charge in [-0.15, -0.1) is 0 Å². The molecule has 1 aliphatic rings. The van der Waals surface area contributed by atoms with Crippen molar-refractivity contribution < 1.29 is 14.0 Å². The van der Waals surface area contributed by atoms with E-state index in [4.69, 9.17) is 0 Å². The van der Waals surface area contributed by atoms with Crippen molar-refractivity contribution in [2.24, 2.45) is 0 Å². The van der Waals surface area contributed by atoms with Crippen LogP contribution in [-0.2, 0) is 11.3 Å². The first-order valence-corrected chi connectivity index (χ1v) is 14.1. The van der Waals surface area contributed by atoms with E-state index >= 15 is 0 Å². The quantitative estimate of drug-likeness (QED) is 0.239. The first-order chi connectivity index (χ1) is 20.8. The van der Waals surface area contributed by atoms with Crippen molar-refractivity contribution >= 4 is 28.4 Å². The van der Waals surface area contributed by atoms with Crippen LogP contribution in [0.15, 0.2) is 90.1 Å². The second-order valence-corrected chi connectivity index (χ2v) is 10.8. The number of aromatic nitrogens is 3. The highest BCUT2D eigenvalue weighted by molar-refractivity contribution is 5.96.